The first kappa shape index (κ1) is 13.2. The molecule has 3 rings (SSSR count). The summed E-state index contributed by atoms with van der Waals surface area (Å²) in [5, 5.41) is 7.88. The molecule has 0 radical (unpaired) electrons. The predicted octanol–water partition coefficient (Wildman–Crippen LogP) is 2.52. The van der Waals surface area contributed by atoms with Crippen molar-refractivity contribution in [1.29, 1.82) is 0 Å². The van der Waals surface area contributed by atoms with Gasteiger partial charge in [-0.15, -0.1) is 0 Å². The Morgan fingerprint density at radius 2 is 2.15 bits per heavy atom. The second-order valence-corrected chi connectivity index (χ2v) is 5.33. The smallest absolute Gasteiger partial charge is 0.123 e. The Balaban J connectivity index is 1.53. The summed E-state index contributed by atoms with van der Waals surface area (Å²) in [5.74, 6) is 0.976. The van der Waals surface area contributed by atoms with E-state index in [2.05, 4.69) is 22.5 Å². The molecule has 1 aromatic carbocycles. The third-order valence-corrected chi connectivity index (χ3v) is 3.48. The minimum absolute atomic E-state index is 0.640. The van der Waals surface area contributed by atoms with Gasteiger partial charge in [-0.3, -0.25) is 4.68 Å². The largest absolute Gasteiger partial charge is 0.491 e. The first-order valence-corrected chi connectivity index (χ1v) is 7.25. The van der Waals surface area contributed by atoms with Crippen molar-refractivity contribution in [2.45, 2.75) is 38.9 Å². The molecule has 4 nitrogen and oxygen atoms in total. The lowest BCUT2D eigenvalue weighted by Gasteiger charge is -2.12. The van der Waals surface area contributed by atoms with Crippen LogP contribution in [0.25, 0.3) is 0 Å². The van der Waals surface area contributed by atoms with Gasteiger partial charge >= 0.3 is 0 Å². The fraction of sp³-hybridized carbons (Fsp3) is 0.438. The summed E-state index contributed by atoms with van der Waals surface area (Å²) in [6.45, 7) is 4.30. The Kier molecular flexibility index (Phi) is 4.02. The lowest BCUT2D eigenvalue weighted by atomic mass is 10.2. The van der Waals surface area contributed by atoms with Crippen molar-refractivity contribution in [3.8, 4) is 5.75 Å². The summed E-state index contributed by atoms with van der Waals surface area (Å²) >= 11 is 0. The summed E-state index contributed by atoms with van der Waals surface area (Å²) in [6.07, 6.45) is 4.60. The average molecular weight is 271 g/mol. The summed E-state index contributed by atoms with van der Waals surface area (Å²) < 4.78 is 7.82. The number of ether oxygens (including phenoxy) is 1. The highest BCUT2D eigenvalue weighted by atomic mass is 16.5. The second kappa shape index (κ2) is 6.09. The molecular weight excluding hydrogens is 250 g/mol. The van der Waals surface area contributed by atoms with Gasteiger partial charge in [-0.2, -0.15) is 5.10 Å². The van der Waals surface area contributed by atoms with Crippen molar-refractivity contribution in [3.05, 3.63) is 47.8 Å². The van der Waals surface area contributed by atoms with Crippen LogP contribution >= 0.6 is 0 Å². The third kappa shape index (κ3) is 3.61. The van der Waals surface area contributed by atoms with E-state index in [1.54, 1.807) is 0 Å². The standard InChI is InChI=1S/C16H21N3O/c1-13-8-9-19(18-13)10-11-20-16-5-3-2-4-14(16)12-17-15-6-7-15/h2-5,8-9,15,17H,6-7,10-12H2,1H3. The van der Waals surface area contributed by atoms with Crippen LogP contribution in [0.4, 0.5) is 0 Å². The van der Waals surface area contributed by atoms with Gasteiger partial charge in [-0.25, -0.2) is 0 Å². The van der Waals surface area contributed by atoms with Gasteiger partial charge in [0, 0.05) is 24.3 Å². The zero-order chi connectivity index (χ0) is 13.8. The number of nitrogens with zero attached hydrogens (tertiary/aromatic N) is 2. The highest BCUT2D eigenvalue weighted by Gasteiger charge is 2.20. The number of hydrogen-bond donors (Lipinski definition) is 1. The minimum Gasteiger partial charge on any atom is -0.491 e. The third-order valence-electron chi connectivity index (χ3n) is 3.48. The lowest BCUT2D eigenvalue weighted by Crippen LogP contribution is -2.16. The summed E-state index contributed by atoms with van der Waals surface area (Å²) in [5.41, 5.74) is 2.27. The molecule has 4 heteroatoms. The summed E-state index contributed by atoms with van der Waals surface area (Å²) in [7, 11) is 0. The molecule has 0 saturated heterocycles. The lowest BCUT2D eigenvalue weighted by molar-refractivity contribution is 0.287. The molecule has 1 heterocycles. The van der Waals surface area contributed by atoms with Gasteiger partial charge in [0.25, 0.3) is 0 Å². The Morgan fingerprint density at radius 3 is 2.90 bits per heavy atom. The second-order valence-electron chi connectivity index (χ2n) is 5.33. The molecular formula is C16H21N3O. The van der Waals surface area contributed by atoms with Gasteiger partial charge in [-0.1, -0.05) is 18.2 Å². The van der Waals surface area contributed by atoms with E-state index in [1.165, 1.54) is 18.4 Å². The summed E-state index contributed by atoms with van der Waals surface area (Å²) in [4.78, 5) is 0. The van der Waals surface area contributed by atoms with Crippen LogP contribution in [-0.2, 0) is 13.1 Å². The van der Waals surface area contributed by atoms with Gasteiger partial charge in [0.05, 0.1) is 12.2 Å². The van der Waals surface area contributed by atoms with Gasteiger partial charge in [0.1, 0.15) is 12.4 Å². The molecule has 20 heavy (non-hydrogen) atoms. The van der Waals surface area contributed by atoms with E-state index >= 15 is 0 Å². The van der Waals surface area contributed by atoms with Crippen LogP contribution in [0.1, 0.15) is 24.1 Å². The highest BCUT2D eigenvalue weighted by Crippen LogP contribution is 2.22. The molecule has 0 aliphatic heterocycles. The fourth-order valence-corrected chi connectivity index (χ4v) is 2.17. The van der Waals surface area contributed by atoms with Crippen LogP contribution < -0.4 is 10.1 Å². The molecule has 0 amide bonds. The highest BCUT2D eigenvalue weighted by molar-refractivity contribution is 5.33. The normalized spacial score (nSPS) is 14.4. The van der Waals surface area contributed by atoms with E-state index in [-0.39, 0.29) is 0 Å². The molecule has 0 unspecified atom stereocenters. The zero-order valence-electron chi connectivity index (χ0n) is 11.9. The molecule has 1 aliphatic carbocycles. The minimum atomic E-state index is 0.640. The van der Waals surface area contributed by atoms with Crippen LogP contribution in [0.15, 0.2) is 36.5 Å². The van der Waals surface area contributed by atoms with Crippen molar-refractivity contribution in [3.63, 3.8) is 0 Å². The van der Waals surface area contributed by atoms with Gasteiger partial charge in [-0.05, 0) is 31.9 Å². The molecule has 1 saturated carbocycles. The van der Waals surface area contributed by atoms with E-state index in [9.17, 15) is 0 Å². The van der Waals surface area contributed by atoms with Gasteiger partial charge < -0.3 is 10.1 Å². The topological polar surface area (TPSA) is 39.1 Å². The molecule has 106 valence electrons. The number of nitrogens with one attached hydrogen (secondary N) is 1. The number of rotatable bonds is 7. The van der Waals surface area contributed by atoms with E-state index in [0.717, 1.165) is 30.6 Å². The molecule has 1 fully saturated rings. The first-order valence-electron chi connectivity index (χ1n) is 7.25. The molecule has 0 bridgehead atoms. The maximum absolute atomic E-state index is 5.90. The molecule has 0 atom stereocenters. The van der Waals surface area contributed by atoms with Crippen molar-refractivity contribution < 1.29 is 4.74 Å². The van der Waals surface area contributed by atoms with Crippen LogP contribution in [0.3, 0.4) is 0 Å². The van der Waals surface area contributed by atoms with Crippen LogP contribution in [0, 0.1) is 6.92 Å². The van der Waals surface area contributed by atoms with E-state index in [0.29, 0.717) is 6.61 Å². The van der Waals surface area contributed by atoms with E-state index in [1.807, 2.05) is 36.0 Å². The van der Waals surface area contributed by atoms with Crippen molar-refractivity contribution in [2.24, 2.45) is 0 Å². The molecule has 1 aliphatic rings. The fourth-order valence-electron chi connectivity index (χ4n) is 2.17. The Hall–Kier alpha value is -1.81. The van der Waals surface area contributed by atoms with Crippen molar-refractivity contribution in [1.82, 2.24) is 15.1 Å². The molecule has 0 spiro atoms. The molecule has 1 N–H and O–H groups in total. The Bertz CT molecular complexity index is 560. The maximum atomic E-state index is 5.90. The van der Waals surface area contributed by atoms with E-state index in [4.69, 9.17) is 4.74 Å². The number of hydrogen-bond acceptors (Lipinski definition) is 3. The number of aromatic nitrogens is 2. The van der Waals surface area contributed by atoms with Crippen molar-refractivity contribution >= 4 is 0 Å². The molecule has 1 aromatic heterocycles. The van der Waals surface area contributed by atoms with E-state index < -0.39 is 0 Å². The summed E-state index contributed by atoms with van der Waals surface area (Å²) in [6, 6.07) is 11.0. The van der Waals surface area contributed by atoms with Gasteiger partial charge in [0.2, 0.25) is 0 Å². The van der Waals surface area contributed by atoms with Gasteiger partial charge in [0.15, 0.2) is 0 Å². The van der Waals surface area contributed by atoms with Crippen LogP contribution in [0.5, 0.6) is 5.75 Å². The maximum Gasteiger partial charge on any atom is 0.123 e. The predicted molar refractivity (Wildman–Crippen MR) is 78.8 cm³/mol. The number of benzene rings is 1. The van der Waals surface area contributed by atoms with Crippen molar-refractivity contribution in [2.75, 3.05) is 6.61 Å². The zero-order valence-corrected chi connectivity index (χ0v) is 11.9. The average Bonchev–Trinajstić information content (AvgIpc) is 3.20. The monoisotopic (exact) mass is 271 g/mol. The number of para-hydroxylation sites is 1. The Morgan fingerprint density at radius 1 is 1.30 bits per heavy atom. The SMILES string of the molecule is Cc1ccn(CCOc2ccccc2CNC2CC2)n1. The quantitative estimate of drug-likeness (QED) is 0.841. The van der Waals surface area contributed by atoms with Crippen LogP contribution in [-0.4, -0.2) is 22.4 Å². The molecule has 2 aromatic rings. The first-order chi connectivity index (χ1) is 9.81. The Labute approximate surface area is 119 Å². The number of aryl methyl sites for hydroxylation is 1. The van der Waals surface area contributed by atoms with Crippen LogP contribution in [0.2, 0.25) is 0 Å².